The average Bonchev–Trinajstić information content (AvgIpc) is 2.74. The Bertz CT molecular complexity index is 525. The second-order valence-electron chi connectivity index (χ2n) is 5.13. The molecule has 0 aromatic carbocycles. The molecule has 0 saturated heterocycles. The SMILES string of the molecule is Cc1c(C(=O)N(C)C(C)CN)oc2c1C(=O)CCC2.Cl. The summed E-state index contributed by atoms with van der Waals surface area (Å²) in [6.07, 6.45) is 2.06. The number of amides is 1. The van der Waals surface area contributed by atoms with E-state index >= 15 is 0 Å². The molecule has 112 valence electrons. The molecule has 0 aliphatic heterocycles. The third kappa shape index (κ3) is 2.74. The minimum Gasteiger partial charge on any atom is -0.455 e. The van der Waals surface area contributed by atoms with Gasteiger partial charge in [-0.05, 0) is 20.3 Å². The monoisotopic (exact) mass is 300 g/mol. The van der Waals surface area contributed by atoms with E-state index < -0.39 is 0 Å². The number of fused-ring (bicyclic) bond motifs is 1. The Hall–Kier alpha value is -1.33. The van der Waals surface area contributed by atoms with Crippen molar-refractivity contribution in [3.63, 3.8) is 0 Å². The van der Waals surface area contributed by atoms with Crippen LogP contribution in [0.5, 0.6) is 0 Å². The topological polar surface area (TPSA) is 76.5 Å². The number of nitrogens with zero attached hydrogens (tertiary/aromatic N) is 1. The highest BCUT2D eigenvalue weighted by Gasteiger charge is 2.30. The number of hydrogen-bond donors (Lipinski definition) is 1. The number of carbonyl (C=O) groups excluding carboxylic acids is 2. The van der Waals surface area contributed by atoms with Crippen LogP contribution in [0.15, 0.2) is 4.42 Å². The van der Waals surface area contributed by atoms with E-state index in [4.69, 9.17) is 10.2 Å². The van der Waals surface area contributed by atoms with Crippen LogP contribution in [-0.4, -0.2) is 36.2 Å². The molecule has 2 rings (SSSR count). The highest BCUT2D eigenvalue weighted by molar-refractivity contribution is 6.03. The molecule has 0 fully saturated rings. The quantitative estimate of drug-likeness (QED) is 0.925. The predicted octanol–water partition coefficient (Wildman–Crippen LogP) is 1.95. The van der Waals surface area contributed by atoms with Crippen molar-refractivity contribution in [2.45, 2.75) is 39.2 Å². The molecule has 1 aromatic rings. The van der Waals surface area contributed by atoms with E-state index in [1.807, 2.05) is 6.92 Å². The summed E-state index contributed by atoms with van der Waals surface area (Å²) in [6, 6.07) is -0.0651. The second-order valence-corrected chi connectivity index (χ2v) is 5.13. The molecule has 0 bridgehead atoms. The Balaban J connectivity index is 0.00000200. The number of Topliss-reactive ketones (excluding diaryl/α,β-unsaturated/α-hetero) is 1. The fraction of sp³-hybridized carbons (Fsp3) is 0.571. The Morgan fingerprint density at radius 2 is 2.10 bits per heavy atom. The molecule has 1 aliphatic carbocycles. The normalized spacial score (nSPS) is 15.3. The van der Waals surface area contributed by atoms with Gasteiger partial charge in [0.1, 0.15) is 5.76 Å². The van der Waals surface area contributed by atoms with Gasteiger partial charge in [0.25, 0.3) is 5.91 Å². The molecule has 2 N–H and O–H groups in total. The van der Waals surface area contributed by atoms with Crippen molar-refractivity contribution in [1.29, 1.82) is 0 Å². The Labute approximate surface area is 124 Å². The standard InChI is InChI=1S/C14H20N2O3.ClH/c1-8(7-15)16(3)14(18)13-9(2)12-10(17)5-4-6-11(12)19-13;/h8H,4-7,15H2,1-3H3;1H. The van der Waals surface area contributed by atoms with Crippen LogP contribution >= 0.6 is 12.4 Å². The van der Waals surface area contributed by atoms with Crippen molar-refractivity contribution in [2.75, 3.05) is 13.6 Å². The minimum atomic E-state index is -0.211. The van der Waals surface area contributed by atoms with Crippen LogP contribution < -0.4 is 5.73 Å². The van der Waals surface area contributed by atoms with Crippen molar-refractivity contribution in [3.8, 4) is 0 Å². The van der Waals surface area contributed by atoms with Gasteiger partial charge < -0.3 is 15.1 Å². The number of hydrogen-bond acceptors (Lipinski definition) is 4. The molecule has 1 atom stereocenters. The van der Waals surface area contributed by atoms with Gasteiger partial charge in [-0.25, -0.2) is 0 Å². The van der Waals surface area contributed by atoms with Gasteiger partial charge in [-0.3, -0.25) is 9.59 Å². The zero-order chi connectivity index (χ0) is 14.2. The number of aryl methyl sites for hydroxylation is 1. The van der Waals surface area contributed by atoms with Crippen molar-refractivity contribution < 1.29 is 14.0 Å². The number of likely N-dealkylation sites (N-methyl/N-ethyl adjacent to an activating group) is 1. The average molecular weight is 301 g/mol. The zero-order valence-electron chi connectivity index (χ0n) is 12.1. The van der Waals surface area contributed by atoms with E-state index in [0.717, 1.165) is 12.8 Å². The number of carbonyl (C=O) groups is 2. The summed E-state index contributed by atoms with van der Waals surface area (Å²) in [4.78, 5) is 25.8. The zero-order valence-corrected chi connectivity index (χ0v) is 12.9. The lowest BCUT2D eigenvalue weighted by Gasteiger charge is -2.22. The molecule has 1 heterocycles. The van der Waals surface area contributed by atoms with Gasteiger partial charge in [-0.1, -0.05) is 0 Å². The summed E-state index contributed by atoms with van der Waals surface area (Å²) in [5, 5.41) is 0. The molecule has 1 unspecified atom stereocenters. The van der Waals surface area contributed by atoms with E-state index in [1.54, 1.807) is 18.9 Å². The first-order valence-electron chi connectivity index (χ1n) is 6.60. The molecule has 0 saturated carbocycles. The fourth-order valence-corrected chi connectivity index (χ4v) is 2.37. The number of furan rings is 1. The number of ketones is 1. The first kappa shape index (κ1) is 16.7. The minimum absolute atomic E-state index is 0. The summed E-state index contributed by atoms with van der Waals surface area (Å²) in [7, 11) is 1.70. The second kappa shape index (κ2) is 6.41. The van der Waals surface area contributed by atoms with E-state index in [-0.39, 0.29) is 35.9 Å². The molecule has 0 spiro atoms. The van der Waals surface area contributed by atoms with Crippen molar-refractivity contribution in [2.24, 2.45) is 5.73 Å². The van der Waals surface area contributed by atoms with Gasteiger partial charge >= 0.3 is 0 Å². The van der Waals surface area contributed by atoms with Crippen LogP contribution in [0.4, 0.5) is 0 Å². The van der Waals surface area contributed by atoms with Gasteiger partial charge in [0, 0.05) is 38.0 Å². The molecule has 1 amide bonds. The largest absolute Gasteiger partial charge is 0.455 e. The number of halogens is 1. The molecule has 5 nitrogen and oxygen atoms in total. The first-order valence-corrected chi connectivity index (χ1v) is 6.60. The summed E-state index contributed by atoms with van der Waals surface area (Å²) in [5.74, 6) is 0.808. The highest BCUT2D eigenvalue weighted by atomic mass is 35.5. The van der Waals surface area contributed by atoms with Crippen LogP contribution in [0.3, 0.4) is 0 Å². The highest BCUT2D eigenvalue weighted by Crippen LogP contribution is 2.30. The molecule has 20 heavy (non-hydrogen) atoms. The van der Waals surface area contributed by atoms with Crippen LogP contribution in [0.1, 0.15) is 52.0 Å². The van der Waals surface area contributed by atoms with Crippen molar-refractivity contribution in [3.05, 3.63) is 22.6 Å². The lowest BCUT2D eigenvalue weighted by molar-refractivity contribution is 0.0712. The van der Waals surface area contributed by atoms with Gasteiger partial charge in [-0.15, -0.1) is 12.4 Å². The molecule has 1 aliphatic rings. The van der Waals surface area contributed by atoms with E-state index in [0.29, 0.717) is 29.9 Å². The Morgan fingerprint density at radius 1 is 1.45 bits per heavy atom. The summed E-state index contributed by atoms with van der Waals surface area (Å²) in [5.41, 5.74) is 6.85. The number of rotatable bonds is 3. The van der Waals surface area contributed by atoms with Gasteiger partial charge in [-0.2, -0.15) is 0 Å². The van der Waals surface area contributed by atoms with Crippen LogP contribution in [-0.2, 0) is 6.42 Å². The Morgan fingerprint density at radius 3 is 2.65 bits per heavy atom. The third-order valence-electron chi connectivity index (χ3n) is 3.82. The summed E-state index contributed by atoms with van der Waals surface area (Å²) in [6.45, 7) is 4.04. The maximum absolute atomic E-state index is 12.4. The number of nitrogens with two attached hydrogens (primary N) is 1. The van der Waals surface area contributed by atoms with Crippen LogP contribution in [0.2, 0.25) is 0 Å². The lowest BCUT2D eigenvalue weighted by Crippen LogP contribution is -2.39. The van der Waals surface area contributed by atoms with Gasteiger partial charge in [0.2, 0.25) is 0 Å². The van der Waals surface area contributed by atoms with Gasteiger partial charge in [0.15, 0.2) is 11.5 Å². The smallest absolute Gasteiger partial charge is 0.289 e. The first-order chi connectivity index (χ1) is 8.97. The van der Waals surface area contributed by atoms with Crippen LogP contribution in [0, 0.1) is 6.92 Å². The molecular formula is C14H21ClN2O3. The molecule has 0 radical (unpaired) electrons. The van der Waals surface area contributed by atoms with E-state index in [9.17, 15) is 9.59 Å². The summed E-state index contributed by atoms with van der Waals surface area (Å²) >= 11 is 0. The molecular weight excluding hydrogens is 280 g/mol. The molecule has 1 aromatic heterocycles. The lowest BCUT2D eigenvalue weighted by atomic mass is 9.94. The predicted molar refractivity (Wildman–Crippen MR) is 78.6 cm³/mol. The maximum atomic E-state index is 12.4. The fourth-order valence-electron chi connectivity index (χ4n) is 2.37. The van der Waals surface area contributed by atoms with Gasteiger partial charge in [0.05, 0.1) is 5.56 Å². The third-order valence-corrected chi connectivity index (χ3v) is 3.82. The summed E-state index contributed by atoms with van der Waals surface area (Å²) < 4.78 is 5.63. The van der Waals surface area contributed by atoms with Crippen LogP contribution in [0.25, 0.3) is 0 Å². The van der Waals surface area contributed by atoms with Crippen molar-refractivity contribution in [1.82, 2.24) is 4.90 Å². The Kier molecular flexibility index (Phi) is 5.36. The maximum Gasteiger partial charge on any atom is 0.289 e. The van der Waals surface area contributed by atoms with Crippen molar-refractivity contribution >= 4 is 24.1 Å². The molecule has 6 heteroatoms. The van der Waals surface area contributed by atoms with E-state index in [2.05, 4.69) is 0 Å². The van der Waals surface area contributed by atoms with E-state index in [1.165, 1.54) is 0 Å².